The number of rotatable bonds is 10. The molecule has 8 nitrogen and oxygen atoms in total. The number of methoxy groups -OCH3 is 1. The third kappa shape index (κ3) is 6.51. The fourth-order valence-electron chi connectivity index (χ4n) is 5.12. The SMILES string of the molecule is COCCN1CCC2(CC1)CN(C(=O)NC(CC(F)(F)Cc1ccccc1)C(=O)NC1(C#N)CC1)C2. The number of hydrogen-bond acceptors (Lipinski definition) is 5. The van der Waals surface area contributed by atoms with Crippen LogP contribution in [0.5, 0.6) is 0 Å². The van der Waals surface area contributed by atoms with Gasteiger partial charge in [0.05, 0.1) is 12.7 Å². The van der Waals surface area contributed by atoms with Crippen LogP contribution in [0.3, 0.4) is 0 Å². The second-order valence-electron chi connectivity index (χ2n) is 10.6. The van der Waals surface area contributed by atoms with E-state index in [1.165, 1.54) is 0 Å². The molecule has 3 amide bonds. The molecule has 1 aliphatic carbocycles. The first-order valence-electron chi connectivity index (χ1n) is 12.6. The molecule has 0 aromatic heterocycles. The van der Waals surface area contributed by atoms with Gasteiger partial charge in [-0.25, -0.2) is 13.6 Å². The minimum absolute atomic E-state index is 0.0504. The van der Waals surface area contributed by atoms with Crippen LogP contribution in [0.1, 0.15) is 37.7 Å². The normalized spacial score (nSPS) is 21.2. The molecule has 1 aromatic rings. The highest BCUT2D eigenvalue weighted by Gasteiger charge is 2.49. The monoisotopic (exact) mass is 503 g/mol. The average Bonchev–Trinajstić information content (AvgIpc) is 3.61. The van der Waals surface area contributed by atoms with Gasteiger partial charge in [0.2, 0.25) is 5.91 Å². The molecule has 3 aliphatic rings. The maximum atomic E-state index is 15.0. The van der Waals surface area contributed by atoms with E-state index in [1.54, 1.807) is 42.3 Å². The standard InChI is InChI=1S/C26H35F2N5O3/c1-36-14-13-32-11-9-24(10-12-32)18-33(19-24)23(35)30-21(22(34)31-25(17-29)7-8-25)16-26(27,28)15-20-5-3-2-4-6-20/h2-6,21H,7-16,18-19H2,1H3,(H,30,35)(H,31,34). The summed E-state index contributed by atoms with van der Waals surface area (Å²) in [6, 6.07) is 8.42. The minimum Gasteiger partial charge on any atom is -0.383 e. The van der Waals surface area contributed by atoms with Crippen molar-refractivity contribution in [1.29, 1.82) is 5.26 Å². The zero-order valence-corrected chi connectivity index (χ0v) is 20.8. The summed E-state index contributed by atoms with van der Waals surface area (Å²) >= 11 is 0. The number of ether oxygens (including phenoxy) is 1. The van der Waals surface area contributed by atoms with Gasteiger partial charge < -0.3 is 25.2 Å². The highest BCUT2D eigenvalue weighted by molar-refractivity contribution is 5.88. The Kier molecular flexibility index (Phi) is 7.81. The second-order valence-corrected chi connectivity index (χ2v) is 10.6. The van der Waals surface area contributed by atoms with Crippen LogP contribution in [0, 0.1) is 16.7 Å². The largest absolute Gasteiger partial charge is 0.383 e. The van der Waals surface area contributed by atoms with Gasteiger partial charge in [-0.1, -0.05) is 30.3 Å². The number of carbonyl (C=O) groups excluding carboxylic acids is 2. The smallest absolute Gasteiger partial charge is 0.318 e. The van der Waals surface area contributed by atoms with Crippen molar-refractivity contribution in [2.75, 3.05) is 46.4 Å². The third-order valence-corrected chi connectivity index (χ3v) is 7.62. The Hall–Kier alpha value is -2.77. The fourth-order valence-corrected chi connectivity index (χ4v) is 5.12. The summed E-state index contributed by atoms with van der Waals surface area (Å²) in [4.78, 5) is 29.8. The van der Waals surface area contributed by atoms with Crippen molar-refractivity contribution < 1.29 is 23.1 Å². The molecule has 2 heterocycles. The van der Waals surface area contributed by atoms with Crippen LogP contribution in [-0.2, 0) is 16.0 Å². The number of urea groups is 1. The van der Waals surface area contributed by atoms with E-state index < -0.39 is 42.3 Å². The summed E-state index contributed by atoms with van der Waals surface area (Å²) in [5, 5.41) is 14.5. The molecule has 1 aromatic carbocycles. The number of alkyl halides is 2. The Labute approximate surface area is 210 Å². The van der Waals surface area contributed by atoms with Crippen molar-refractivity contribution in [3.05, 3.63) is 35.9 Å². The lowest BCUT2D eigenvalue weighted by Gasteiger charge is -2.54. The van der Waals surface area contributed by atoms with Gasteiger partial charge in [-0.05, 0) is 44.3 Å². The van der Waals surface area contributed by atoms with Gasteiger partial charge in [-0.2, -0.15) is 5.26 Å². The van der Waals surface area contributed by atoms with Gasteiger partial charge in [0, 0.05) is 45.0 Å². The van der Waals surface area contributed by atoms with E-state index in [4.69, 9.17) is 4.74 Å². The van der Waals surface area contributed by atoms with Crippen LogP contribution in [0.15, 0.2) is 30.3 Å². The van der Waals surface area contributed by atoms with Crippen molar-refractivity contribution in [1.82, 2.24) is 20.4 Å². The number of carbonyl (C=O) groups is 2. The molecule has 1 spiro atoms. The maximum Gasteiger partial charge on any atom is 0.318 e. The number of piperidine rings is 1. The Morgan fingerprint density at radius 3 is 2.42 bits per heavy atom. The van der Waals surface area contributed by atoms with Crippen LogP contribution >= 0.6 is 0 Å². The Bertz CT molecular complexity index is 964. The third-order valence-electron chi connectivity index (χ3n) is 7.62. The lowest BCUT2D eigenvalue weighted by atomic mass is 9.72. The van der Waals surface area contributed by atoms with Gasteiger partial charge in [-0.3, -0.25) is 4.79 Å². The molecule has 0 bridgehead atoms. The van der Waals surface area contributed by atoms with E-state index in [0.29, 0.717) is 38.1 Å². The summed E-state index contributed by atoms with van der Waals surface area (Å²) in [5.41, 5.74) is -0.508. The predicted octanol–water partition coefficient (Wildman–Crippen LogP) is 2.55. The topological polar surface area (TPSA) is 97.7 Å². The van der Waals surface area contributed by atoms with Gasteiger partial charge >= 0.3 is 6.03 Å². The first-order valence-corrected chi connectivity index (χ1v) is 12.6. The number of nitriles is 1. The van der Waals surface area contributed by atoms with Gasteiger partial charge in [0.15, 0.2) is 0 Å². The summed E-state index contributed by atoms with van der Waals surface area (Å²) in [7, 11) is 1.68. The van der Waals surface area contributed by atoms with Crippen molar-refractivity contribution in [2.45, 2.75) is 56.0 Å². The lowest BCUT2D eigenvalue weighted by Crippen LogP contribution is -2.65. The molecule has 196 valence electrons. The predicted molar refractivity (Wildman–Crippen MR) is 129 cm³/mol. The van der Waals surface area contributed by atoms with Crippen molar-refractivity contribution in [3.63, 3.8) is 0 Å². The van der Waals surface area contributed by atoms with Crippen LogP contribution in [0.25, 0.3) is 0 Å². The van der Waals surface area contributed by atoms with Crippen molar-refractivity contribution >= 4 is 11.9 Å². The van der Waals surface area contributed by atoms with Crippen LogP contribution in [-0.4, -0.2) is 85.7 Å². The molecule has 3 fully saturated rings. The summed E-state index contributed by atoms with van der Waals surface area (Å²) in [6.07, 6.45) is 1.50. The first kappa shape index (κ1) is 26.3. The van der Waals surface area contributed by atoms with Gasteiger partial charge in [0.1, 0.15) is 11.6 Å². The van der Waals surface area contributed by atoms with Crippen LogP contribution < -0.4 is 10.6 Å². The molecular formula is C26H35F2N5O3. The Morgan fingerprint density at radius 2 is 1.83 bits per heavy atom. The molecule has 4 rings (SSSR count). The molecule has 0 radical (unpaired) electrons. The number of benzene rings is 1. The fraction of sp³-hybridized carbons (Fsp3) is 0.654. The maximum absolute atomic E-state index is 15.0. The summed E-state index contributed by atoms with van der Waals surface area (Å²) in [6.45, 7) is 4.54. The summed E-state index contributed by atoms with van der Waals surface area (Å²) < 4.78 is 35.1. The second kappa shape index (κ2) is 10.7. The Morgan fingerprint density at radius 1 is 1.17 bits per heavy atom. The van der Waals surface area contributed by atoms with Gasteiger partial charge in [0.25, 0.3) is 5.92 Å². The molecule has 1 atom stereocenters. The van der Waals surface area contributed by atoms with E-state index in [-0.39, 0.29) is 5.41 Å². The molecule has 2 aliphatic heterocycles. The number of halogens is 2. The van der Waals surface area contributed by atoms with Crippen LogP contribution in [0.4, 0.5) is 13.6 Å². The van der Waals surface area contributed by atoms with Crippen molar-refractivity contribution in [3.8, 4) is 6.07 Å². The molecule has 1 saturated carbocycles. The number of amides is 3. The minimum atomic E-state index is -3.22. The number of nitrogens with zero attached hydrogens (tertiary/aromatic N) is 3. The van der Waals surface area contributed by atoms with E-state index >= 15 is 0 Å². The molecular weight excluding hydrogens is 468 g/mol. The molecule has 36 heavy (non-hydrogen) atoms. The van der Waals surface area contributed by atoms with E-state index in [9.17, 15) is 23.6 Å². The van der Waals surface area contributed by atoms with E-state index in [1.807, 2.05) is 6.07 Å². The molecule has 10 heteroatoms. The zero-order valence-electron chi connectivity index (χ0n) is 20.8. The zero-order chi connectivity index (χ0) is 25.8. The quantitative estimate of drug-likeness (QED) is 0.512. The van der Waals surface area contributed by atoms with Gasteiger partial charge in [-0.15, -0.1) is 0 Å². The molecule has 2 saturated heterocycles. The molecule has 1 unspecified atom stereocenters. The average molecular weight is 504 g/mol. The number of likely N-dealkylation sites (tertiary alicyclic amines) is 2. The Balaban J connectivity index is 1.35. The number of nitrogens with one attached hydrogen (secondary N) is 2. The van der Waals surface area contributed by atoms with E-state index in [0.717, 1.165) is 32.5 Å². The summed E-state index contributed by atoms with van der Waals surface area (Å²) in [5.74, 6) is -3.96. The molecule has 2 N–H and O–H groups in total. The number of hydrogen-bond donors (Lipinski definition) is 2. The highest BCUT2D eigenvalue weighted by Crippen LogP contribution is 2.40. The first-order chi connectivity index (χ1) is 17.2. The van der Waals surface area contributed by atoms with E-state index in [2.05, 4.69) is 15.5 Å². The lowest BCUT2D eigenvalue weighted by molar-refractivity contribution is -0.126. The van der Waals surface area contributed by atoms with Crippen molar-refractivity contribution in [2.24, 2.45) is 5.41 Å². The van der Waals surface area contributed by atoms with Crippen LogP contribution in [0.2, 0.25) is 0 Å². The highest BCUT2D eigenvalue weighted by atomic mass is 19.3.